The fourth-order valence-corrected chi connectivity index (χ4v) is 1.52. The molecule has 0 atom stereocenters. The highest BCUT2D eigenvalue weighted by atomic mass is 16.4. The lowest BCUT2D eigenvalue weighted by molar-refractivity contribution is -0.138. The monoisotopic (exact) mass is 252 g/mol. The van der Waals surface area contributed by atoms with Crippen LogP contribution in [0.3, 0.4) is 0 Å². The van der Waals surface area contributed by atoms with Gasteiger partial charge in [0.1, 0.15) is 6.54 Å². The van der Waals surface area contributed by atoms with Crippen LogP contribution >= 0.6 is 0 Å². The Bertz CT molecular complexity index is 519. The number of nitrogens with zero attached hydrogens (tertiary/aromatic N) is 2. The first-order chi connectivity index (χ1) is 8.32. The molecule has 0 radical (unpaired) electrons. The first-order valence-electron chi connectivity index (χ1n) is 5.52. The summed E-state index contributed by atoms with van der Waals surface area (Å²) in [7, 11) is 1.54. The third kappa shape index (κ3) is 3.19. The van der Waals surface area contributed by atoms with Gasteiger partial charge in [-0.25, -0.2) is 0 Å². The van der Waals surface area contributed by atoms with Gasteiger partial charge in [-0.15, -0.1) is 0 Å². The highest BCUT2D eigenvalue weighted by molar-refractivity contribution is 5.95. The summed E-state index contributed by atoms with van der Waals surface area (Å²) in [6.45, 7) is 3.12. The van der Waals surface area contributed by atoms with Crippen molar-refractivity contribution in [2.45, 2.75) is 19.9 Å². The number of carbonyl (C=O) groups excluding carboxylic acids is 1. The molecule has 1 aromatic rings. The Morgan fingerprint density at radius 2 is 2.00 bits per heavy atom. The van der Waals surface area contributed by atoms with Gasteiger partial charge in [0, 0.05) is 25.4 Å². The van der Waals surface area contributed by atoms with Crippen molar-refractivity contribution in [2.75, 3.05) is 6.54 Å². The second-order valence-electron chi connectivity index (χ2n) is 4.29. The van der Waals surface area contributed by atoms with Crippen LogP contribution in [0, 0.1) is 0 Å². The van der Waals surface area contributed by atoms with Crippen molar-refractivity contribution in [1.82, 2.24) is 9.47 Å². The van der Waals surface area contributed by atoms with Crippen LogP contribution in [-0.2, 0) is 11.8 Å². The van der Waals surface area contributed by atoms with E-state index < -0.39 is 11.9 Å². The molecule has 0 aromatic carbocycles. The molecule has 1 aromatic heterocycles. The molecular formula is C12H16N2O4. The van der Waals surface area contributed by atoms with Crippen molar-refractivity contribution >= 4 is 11.9 Å². The van der Waals surface area contributed by atoms with E-state index in [1.54, 1.807) is 13.8 Å². The average Bonchev–Trinajstić information content (AvgIpc) is 2.28. The third-order valence-electron chi connectivity index (χ3n) is 2.52. The lowest BCUT2D eigenvalue weighted by atomic mass is 10.2. The Labute approximate surface area is 104 Å². The molecule has 1 amide bonds. The smallest absolute Gasteiger partial charge is 0.323 e. The molecule has 0 spiro atoms. The van der Waals surface area contributed by atoms with Gasteiger partial charge < -0.3 is 14.6 Å². The van der Waals surface area contributed by atoms with Gasteiger partial charge >= 0.3 is 5.97 Å². The summed E-state index contributed by atoms with van der Waals surface area (Å²) in [5.41, 5.74) is 0.0768. The van der Waals surface area contributed by atoms with Crippen molar-refractivity contribution < 1.29 is 14.7 Å². The fraction of sp³-hybridized carbons (Fsp3) is 0.417. The van der Waals surface area contributed by atoms with Crippen LogP contribution < -0.4 is 5.56 Å². The second-order valence-corrected chi connectivity index (χ2v) is 4.29. The Balaban J connectivity index is 3.05. The highest BCUT2D eigenvalue weighted by Crippen LogP contribution is 2.06. The first kappa shape index (κ1) is 14.0. The number of rotatable bonds is 4. The minimum absolute atomic E-state index is 0.221. The molecule has 0 aliphatic carbocycles. The van der Waals surface area contributed by atoms with Gasteiger partial charge in [0.25, 0.3) is 5.91 Å². The number of aromatic nitrogens is 1. The van der Waals surface area contributed by atoms with Crippen molar-refractivity contribution in [3.63, 3.8) is 0 Å². The van der Waals surface area contributed by atoms with E-state index in [4.69, 9.17) is 5.11 Å². The van der Waals surface area contributed by atoms with Crippen molar-refractivity contribution in [1.29, 1.82) is 0 Å². The molecule has 0 unspecified atom stereocenters. The van der Waals surface area contributed by atoms with Crippen LogP contribution in [0.1, 0.15) is 24.2 Å². The molecule has 98 valence electrons. The average molecular weight is 252 g/mol. The first-order valence-corrected chi connectivity index (χ1v) is 5.52. The molecule has 1 rings (SSSR count). The van der Waals surface area contributed by atoms with Crippen molar-refractivity contribution in [3.05, 3.63) is 34.2 Å². The maximum Gasteiger partial charge on any atom is 0.323 e. The summed E-state index contributed by atoms with van der Waals surface area (Å²) in [6.07, 6.45) is 1.40. The van der Waals surface area contributed by atoms with E-state index in [1.807, 2.05) is 0 Å². The van der Waals surface area contributed by atoms with Gasteiger partial charge in [-0.05, 0) is 19.9 Å². The summed E-state index contributed by atoms with van der Waals surface area (Å²) in [6, 6.07) is 2.46. The molecule has 6 nitrogen and oxygen atoms in total. The Morgan fingerprint density at radius 1 is 1.39 bits per heavy atom. The zero-order valence-electron chi connectivity index (χ0n) is 10.6. The molecule has 6 heteroatoms. The summed E-state index contributed by atoms with van der Waals surface area (Å²) in [5.74, 6) is -1.47. The number of aryl methyl sites for hydroxylation is 1. The zero-order valence-corrected chi connectivity index (χ0v) is 10.6. The highest BCUT2D eigenvalue weighted by Gasteiger charge is 2.21. The van der Waals surface area contributed by atoms with Gasteiger partial charge in [0.2, 0.25) is 5.56 Å². The lowest BCUT2D eigenvalue weighted by Gasteiger charge is -2.24. The molecule has 0 aliphatic heterocycles. The number of hydrogen-bond donors (Lipinski definition) is 1. The summed E-state index contributed by atoms with van der Waals surface area (Å²) < 4.78 is 1.28. The van der Waals surface area contributed by atoms with E-state index in [0.717, 1.165) is 0 Å². The number of carbonyl (C=O) groups is 2. The normalized spacial score (nSPS) is 10.4. The lowest BCUT2D eigenvalue weighted by Crippen LogP contribution is -2.41. The molecule has 1 heterocycles. The Kier molecular flexibility index (Phi) is 4.25. The predicted octanol–water partition coefficient (Wildman–Crippen LogP) is 0.320. The van der Waals surface area contributed by atoms with E-state index in [9.17, 15) is 14.4 Å². The summed E-state index contributed by atoms with van der Waals surface area (Å²) in [4.78, 5) is 35.3. The Hall–Kier alpha value is -2.11. The molecule has 0 fully saturated rings. The zero-order chi connectivity index (χ0) is 13.9. The quantitative estimate of drug-likeness (QED) is 0.837. The maximum absolute atomic E-state index is 12.1. The fourth-order valence-electron chi connectivity index (χ4n) is 1.52. The van der Waals surface area contributed by atoms with Crippen LogP contribution in [0.25, 0.3) is 0 Å². The minimum atomic E-state index is -1.07. The molecule has 0 aliphatic rings. The van der Waals surface area contributed by atoms with Gasteiger partial charge in [-0.2, -0.15) is 0 Å². The molecule has 0 saturated heterocycles. The molecule has 0 saturated carbocycles. The van der Waals surface area contributed by atoms with E-state index >= 15 is 0 Å². The maximum atomic E-state index is 12.1. The minimum Gasteiger partial charge on any atom is -0.480 e. The van der Waals surface area contributed by atoms with E-state index in [2.05, 4.69) is 0 Å². The summed E-state index contributed by atoms with van der Waals surface area (Å²) in [5, 5.41) is 8.78. The van der Waals surface area contributed by atoms with Crippen LogP contribution in [-0.4, -0.2) is 39.0 Å². The molecule has 0 bridgehead atoms. The van der Waals surface area contributed by atoms with Crippen molar-refractivity contribution in [2.24, 2.45) is 7.05 Å². The number of hydrogen-bond acceptors (Lipinski definition) is 3. The van der Waals surface area contributed by atoms with E-state index in [0.29, 0.717) is 5.56 Å². The van der Waals surface area contributed by atoms with Gasteiger partial charge in [-0.3, -0.25) is 14.4 Å². The predicted molar refractivity (Wildman–Crippen MR) is 65.5 cm³/mol. The summed E-state index contributed by atoms with van der Waals surface area (Å²) >= 11 is 0. The number of pyridine rings is 1. The van der Waals surface area contributed by atoms with Crippen LogP contribution in [0.4, 0.5) is 0 Å². The third-order valence-corrected chi connectivity index (χ3v) is 2.52. The topological polar surface area (TPSA) is 79.6 Å². The van der Waals surface area contributed by atoms with E-state index in [-0.39, 0.29) is 18.1 Å². The number of amides is 1. The van der Waals surface area contributed by atoms with E-state index in [1.165, 1.54) is 34.8 Å². The van der Waals surface area contributed by atoms with Crippen LogP contribution in [0.2, 0.25) is 0 Å². The number of aliphatic carboxylic acids is 1. The molecular weight excluding hydrogens is 236 g/mol. The standard InChI is InChI=1S/C12H16N2O4/c1-8(2)14(7-11(16)17)12(18)9-4-5-10(15)13(3)6-9/h4-6,8H,7H2,1-3H3,(H,16,17). The van der Waals surface area contributed by atoms with Gasteiger partial charge in [-0.1, -0.05) is 0 Å². The van der Waals surface area contributed by atoms with Crippen LogP contribution in [0.5, 0.6) is 0 Å². The number of carboxylic acid groups (broad SMARTS) is 1. The van der Waals surface area contributed by atoms with Gasteiger partial charge in [0.05, 0.1) is 5.56 Å². The second kappa shape index (κ2) is 5.48. The Morgan fingerprint density at radius 3 is 2.44 bits per heavy atom. The largest absolute Gasteiger partial charge is 0.480 e. The van der Waals surface area contributed by atoms with Gasteiger partial charge in [0.15, 0.2) is 0 Å². The van der Waals surface area contributed by atoms with Crippen molar-refractivity contribution in [3.8, 4) is 0 Å². The SMILES string of the molecule is CC(C)N(CC(=O)O)C(=O)c1ccc(=O)n(C)c1. The molecule has 1 N–H and O–H groups in total. The van der Waals surface area contributed by atoms with Crippen LogP contribution in [0.15, 0.2) is 23.1 Å². The number of carboxylic acids is 1. The molecule has 18 heavy (non-hydrogen) atoms.